The van der Waals surface area contributed by atoms with Gasteiger partial charge in [0, 0.05) is 19.5 Å². The van der Waals surface area contributed by atoms with E-state index >= 15 is 0 Å². The minimum Gasteiger partial charge on any atom is 0 e. The fraction of sp³-hybridized carbons (Fsp3) is 0. The van der Waals surface area contributed by atoms with E-state index in [1.807, 2.05) is 0 Å². The Morgan fingerprint density at radius 3 is 0.500 bits per heavy atom. The quantitative estimate of drug-likeness (QED) is 0.492. The summed E-state index contributed by atoms with van der Waals surface area (Å²) in [4.78, 5) is 0. The molecule has 0 bridgehead atoms. The minimum absolute atomic E-state index is 0. The van der Waals surface area contributed by atoms with Gasteiger partial charge in [0.2, 0.25) is 0 Å². The van der Waals surface area contributed by atoms with Crippen LogP contribution >= 0.6 is 0 Å². The summed E-state index contributed by atoms with van der Waals surface area (Å²) >= 11 is 0. The first-order valence-electron chi connectivity index (χ1n) is 0. The van der Waals surface area contributed by atoms with Gasteiger partial charge in [-0.3, -0.25) is 0 Å². The van der Waals surface area contributed by atoms with Crippen LogP contribution in [0.1, 0.15) is 0 Å². The molecule has 0 nitrogen and oxygen atoms in total. The van der Waals surface area contributed by atoms with Crippen molar-refractivity contribution in [2.45, 2.75) is 0 Å². The summed E-state index contributed by atoms with van der Waals surface area (Å²) in [6.07, 6.45) is 0. The molecule has 0 atom stereocenters. The van der Waals surface area contributed by atoms with E-state index in [0.717, 1.165) is 0 Å². The molecule has 0 unspecified atom stereocenters. The number of rotatable bonds is 0. The first-order valence-corrected chi connectivity index (χ1v) is 0. The van der Waals surface area contributed by atoms with Crippen LogP contribution in [0.2, 0.25) is 0 Å². The summed E-state index contributed by atoms with van der Waals surface area (Å²) in [6.45, 7) is 0. The Hall–Kier alpha value is 2.49. The minimum atomic E-state index is 0. The molecule has 0 aromatic heterocycles. The van der Waals surface area contributed by atoms with Crippen molar-refractivity contribution in [1.82, 2.24) is 0 Å². The fourth-order valence-corrected chi connectivity index (χ4v) is 0. The van der Waals surface area contributed by atoms with Crippen LogP contribution in [-0.2, 0) is 77.9 Å². The topological polar surface area (TPSA) is 0 Å². The predicted octanol–water partition coefficient (Wildman–Crippen LogP) is -0.0100. The molecule has 0 rings (SSSR count). The van der Waals surface area contributed by atoms with Crippen molar-refractivity contribution in [3.63, 3.8) is 0 Å². The molecule has 4 radical (unpaired) electrons. The normalized spacial score (nSPS) is 0. The molecule has 0 aliphatic heterocycles. The van der Waals surface area contributed by atoms with Crippen LogP contribution in [0.5, 0.6) is 0 Å². The zero-order valence-corrected chi connectivity index (χ0v) is 7.89. The van der Waals surface area contributed by atoms with Crippen molar-refractivity contribution in [3.8, 4) is 0 Å². The Morgan fingerprint density at radius 1 is 0.500 bits per heavy atom. The average molecular weight is 412 g/mol. The average Bonchev–Trinajstić information content (AvgIpc) is 0. The zero-order valence-electron chi connectivity index (χ0n) is 1.33. The van der Waals surface area contributed by atoms with Gasteiger partial charge in [0.25, 0.3) is 0 Å². The van der Waals surface area contributed by atoms with Gasteiger partial charge in [0.1, 0.15) is 0 Å². The van der Waals surface area contributed by atoms with Gasteiger partial charge in [0.15, 0.2) is 0 Å². The monoisotopic (exact) mass is 412 g/mol. The van der Waals surface area contributed by atoms with E-state index in [2.05, 4.69) is 0 Å². The molecular weight excluding hydrogens is 412 g/mol. The third-order valence-corrected chi connectivity index (χ3v) is 0. The molecule has 0 fully saturated rings. The van der Waals surface area contributed by atoms with E-state index in [-0.39, 0.29) is 77.9 Å². The molecule has 0 amide bonds. The van der Waals surface area contributed by atoms with Gasteiger partial charge in [0.05, 0.1) is 0 Å². The maximum atomic E-state index is 0. The first kappa shape index (κ1) is 31.5. The summed E-state index contributed by atoms with van der Waals surface area (Å²) < 4.78 is 0. The van der Waals surface area contributed by atoms with Crippen LogP contribution in [0.4, 0.5) is 0 Å². The Balaban J connectivity index is 0. The summed E-state index contributed by atoms with van der Waals surface area (Å²) in [6, 6.07) is 0. The van der Waals surface area contributed by atoms with Gasteiger partial charge < -0.3 is 0 Å². The van der Waals surface area contributed by atoms with E-state index in [9.17, 15) is 0 Å². The van der Waals surface area contributed by atoms with E-state index in [0.29, 0.717) is 0 Å². The molecule has 0 heterocycles. The van der Waals surface area contributed by atoms with Gasteiger partial charge >= 0.3 is 58.4 Å². The summed E-state index contributed by atoms with van der Waals surface area (Å²) in [5.41, 5.74) is 0. The smallest absolute Gasteiger partial charge is 0 e. The van der Waals surface area contributed by atoms with Crippen molar-refractivity contribution in [2.24, 2.45) is 0 Å². The van der Waals surface area contributed by atoms with Gasteiger partial charge in [-0.05, 0) is 0 Å². The Bertz CT molecular complexity index is 0. The standard InChI is InChI=1S/4Rh/q;3*+2. The first-order chi connectivity index (χ1) is 0. The number of hydrogen-bond acceptors (Lipinski definition) is 0. The van der Waals surface area contributed by atoms with Crippen LogP contribution in [0, 0.1) is 0 Å². The maximum Gasteiger partial charge on any atom is 2.00 e. The Kier molecular flexibility index (Phi) is 141. The second kappa shape index (κ2) is 17.8. The molecule has 4 heteroatoms. The zero-order chi connectivity index (χ0) is 0. The molecule has 0 saturated carbocycles. The number of hydrogen-bond donors (Lipinski definition) is 0. The van der Waals surface area contributed by atoms with Gasteiger partial charge in [-0.2, -0.15) is 0 Å². The predicted molar refractivity (Wildman–Crippen MR) is 0 cm³/mol. The van der Waals surface area contributed by atoms with E-state index < -0.39 is 0 Å². The molecule has 0 spiro atoms. The van der Waals surface area contributed by atoms with Crippen LogP contribution in [0.3, 0.4) is 0 Å². The SMILES string of the molecule is [Rh+2].[Rh+2].[Rh+2].[Rh]. The van der Waals surface area contributed by atoms with Crippen molar-refractivity contribution < 1.29 is 77.9 Å². The molecule has 0 N–H and O–H groups in total. The molecule has 0 aliphatic carbocycles. The molecule has 4 heavy (non-hydrogen) atoms. The van der Waals surface area contributed by atoms with Crippen molar-refractivity contribution in [3.05, 3.63) is 0 Å². The summed E-state index contributed by atoms with van der Waals surface area (Å²) in [5, 5.41) is 0. The third kappa shape index (κ3) is 8.82. The fourth-order valence-electron chi connectivity index (χ4n) is 0. The Morgan fingerprint density at radius 2 is 0.500 bits per heavy atom. The molecule has 0 aliphatic rings. The molecular formula is Rh4+6. The van der Waals surface area contributed by atoms with Crippen LogP contribution in [0.25, 0.3) is 0 Å². The second-order valence-electron chi connectivity index (χ2n) is 0. The molecule has 0 saturated heterocycles. The van der Waals surface area contributed by atoms with Gasteiger partial charge in [-0.25, -0.2) is 0 Å². The second-order valence-corrected chi connectivity index (χ2v) is 0. The van der Waals surface area contributed by atoms with Crippen LogP contribution in [-0.4, -0.2) is 0 Å². The maximum absolute atomic E-state index is 0. The third-order valence-electron chi connectivity index (χ3n) is 0. The van der Waals surface area contributed by atoms with Crippen molar-refractivity contribution >= 4 is 0 Å². The van der Waals surface area contributed by atoms with E-state index in [1.165, 1.54) is 0 Å². The van der Waals surface area contributed by atoms with Crippen LogP contribution in [0.15, 0.2) is 0 Å². The summed E-state index contributed by atoms with van der Waals surface area (Å²) in [7, 11) is 0. The Labute approximate surface area is 76.9 Å². The summed E-state index contributed by atoms with van der Waals surface area (Å²) in [5.74, 6) is 0. The molecule has 0 aromatic rings. The van der Waals surface area contributed by atoms with Crippen molar-refractivity contribution in [1.29, 1.82) is 0 Å². The van der Waals surface area contributed by atoms with Crippen molar-refractivity contribution in [2.75, 3.05) is 0 Å². The van der Waals surface area contributed by atoms with E-state index in [4.69, 9.17) is 0 Å². The molecule has 0 aromatic carbocycles. The largest absolute Gasteiger partial charge is 2.00 e. The van der Waals surface area contributed by atoms with E-state index in [1.54, 1.807) is 0 Å². The molecule has 30 valence electrons. The van der Waals surface area contributed by atoms with Gasteiger partial charge in [-0.1, -0.05) is 0 Å². The van der Waals surface area contributed by atoms with Crippen LogP contribution < -0.4 is 0 Å². The van der Waals surface area contributed by atoms with Gasteiger partial charge in [-0.15, -0.1) is 0 Å².